The SMILES string of the molecule is CCN(CCCO)S(=O)(=O)CCOC(C)C. The van der Waals surface area contributed by atoms with Gasteiger partial charge in [0.25, 0.3) is 0 Å². The second kappa shape index (κ2) is 8.00. The molecule has 0 aliphatic rings. The summed E-state index contributed by atoms with van der Waals surface area (Å²) < 4.78 is 30.2. The topological polar surface area (TPSA) is 66.8 Å². The third-order valence-corrected chi connectivity index (χ3v) is 4.01. The van der Waals surface area contributed by atoms with Crippen molar-refractivity contribution in [2.24, 2.45) is 0 Å². The second-order valence-electron chi connectivity index (χ2n) is 3.80. The Balaban J connectivity index is 4.15. The Hall–Kier alpha value is -0.170. The molecule has 0 aromatic carbocycles. The molecule has 1 N–H and O–H groups in total. The average Bonchev–Trinajstić information content (AvgIpc) is 2.17. The van der Waals surface area contributed by atoms with E-state index in [4.69, 9.17) is 9.84 Å². The monoisotopic (exact) mass is 253 g/mol. The molecule has 0 spiro atoms. The Labute approximate surface area is 98.5 Å². The highest BCUT2D eigenvalue weighted by Crippen LogP contribution is 2.03. The van der Waals surface area contributed by atoms with E-state index in [0.29, 0.717) is 19.5 Å². The molecule has 0 aromatic heterocycles. The Bertz CT molecular complexity index is 264. The minimum absolute atomic E-state index is 0.00441. The molecule has 0 unspecified atom stereocenters. The minimum Gasteiger partial charge on any atom is -0.396 e. The number of hydrogen-bond donors (Lipinski definition) is 1. The van der Waals surface area contributed by atoms with E-state index in [1.54, 1.807) is 6.92 Å². The van der Waals surface area contributed by atoms with Crippen LogP contribution < -0.4 is 0 Å². The lowest BCUT2D eigenvalue weighted by Crippen LogP contribution is -2.35. The van der Waals surface area contributed by atoms with Crippen molar-refractivity contribution in [1.82, 2.24) is 4.31 Å². The fourth-order valence-corrected chi connectivity index (χ4v) is 2.62. The van der Waals surface area contributed by atoms with Gasteiger partial charge in [-0.05, 0) is 20.3 Å². The lowest BCUT2D eigenvalue weighted by molar-refractivity contribution is 0.0907. The van der Waals surface area contributed by atoms with E-state index in [1.807, 2.05) is 13.8 Å². The number of nitrogens with zero attached hydrogens (tertiary/aromatic N) is 1. The van der Waals surface area contributed by atoms with Gasteiger partial charge in [-0.25, -0.2) is 12.7 Å². The maximum absolute atomic E-state index is 11.8. The molecule has 0 aromatic rings. The summed E-state index contributed by atoms with van der Waals surface area (Å²) in [7, 11) is -3.24. The quantitative estimate of drug-likeness (QED) is 0.648. The Morgan fingerprint density at radius 2 is 2.00 bits per heavy atom. The van der Waals surface area contributed by atoms with E-state index < -0.39 is 10.0 Å². The van der Waals surface area contributed by atoms with E-state index in [-0.39, 0.29) is 25.1 Å². The first-order valence-electron chi connectivity index (χ1n) is 5.64. The summed E-state index contributed by atoms with van der Waals surface area (Å²) in [4.78, 5) is 0. The van der Waals surface area contributed by atoms with Crippen molar-refractivity contribution in [2.45, 2.75) is 33.3 Å². The summed E-state index contributed by atoms with van der Waals surface area (Å²) in [5.41, 5.74) is 0. The highest BCUT2D eigenvalue weighted by Gasteiger charge is 2.19. The third kappa shape index (κ3) is 6.42. The summed E-state index contributed by atoms with van der Waals surface area (Å²) in [6.07, 6.45) is 0.515. The van der Waals surface area contributed by atoms with Crippen LogP contribution in [0.5, 0.6) is 0 Å². The number of aliphatic hydroxyl groups is 1. The molecular weight excluding hydrogens is 230 g/mol. The van der Waals surface area contributed by atoms with Gasteiger partial charge in [-0.2, -0.15) is 0 Å². The Kier molecular flexibility index (Phi) is 7.91. The van der Waals surface area contributed by atoms with Gasteiger partial charge in [0.1, 0.15) is 0 Å². The van der Waals surface area contributed by atoms with Gasteiger partial charge in [0.15, 0.2) is 0 Å². The largest absolute Gasteiger partial charge is 0.396 e. The van der Waals surface area contributed by atoms with Gasteiger partial charge in [0.2, 0.25) is 10.0 Å². The zero-order valence-corrected chi connectivity index (χ0v) is 11.2. The number of rotatable bonds is 9. The van der Waals surface area contributed by atoms with E-state index in [0.717, 1.165) is 0 Å². The minimum atomic E-state index is -3.24. The smallest absolute Gasteiger partial charge is 0.216 e. The molecule has 0 fully saturated rings. The molecule has 0 radical (unpaired) electrons. The van der Waals surface area contributed by atoms with Gasteiger partial charge in [-0.1, -0.05) is 6.92 Å². The molecule has 5 nitrogen and oxygen atoms in total. The van der Waals surface area contributed by atoms with Crippen LogP contribution in [0.15, 0.2) is 0 Å². The number of ether oxygens (including phenoxy) is 1. The normalized spacial score (nSPS) is 12.6. The van der Waals surface area contributed by atoms with E-state index in [2.05, 4.69) is 0 Å². The Morgan fingerprint density at radius 3 is 2.44 bits per heavy atom. The molecule has 0 aliphatic heterocycles. The van der Waals surface area contributed by atoms with Crippen molar-refractivity contribution in [1.29, 1.82) is 0 Å². The van der Waals surface area contributed by atoms with Crippen molar-refractivity contribution < 1.29 is 18.3 Å². The first-order valence-corrected chi connectivity index (χ1v) is 7.25. The van der Waals surface area contributed by atoms with Crippen LogP contribution in [0.4, 0.5) is 0 Å². The van der Waals surface area contributed by atoms with Crippen molar-refractivity contribution in [3.8, 4) is 0 Å². The second-order valence-corrected chi connectivity index (χ2v) is 5.89. The van der Waals surface area contributed by atoms with Crippen LogP contribution in [0, 0.1) is 0 Å². The highest BCUT2D eigenvalue weighted by atomic mass is 32.2. The summed E-state index contributed by atoms with van der Waals surface area (Å²) in [5.74, 6) is 0.00441. The fourth-order valence-electron chi connectivity index (χ4n) is 1.26. The molecule has 0 aliphatic carbocycles. The summed E-state index contributed by atoms with van der Waals surface area (Å²) in [6, 6.07) is 0. The van der Waals surface area contributed by atoms with Crippen LogP contribution >= 0.6 is 0 Å². The lowest BCUT2D eigenvalue weighted by Gasteiger charge is -2.20. The van der Waals surface area contributed by atoms with Gasteiger partial charge in [-0.15, -0.1) is 0 Å². The van der Waals surface area contributed by atoms with Gasteiger partial charge >= 0.3 is 0 Å². The predicted octanol–water partition coefficient (Wildman–Crippen LogP) is 0.446. The van der Waals surface area contributed by atoms with Crippen LogP contribution in [0.25, 0.3) is 0 Å². The molecule has 0 saturated heterocycles. The predicted molar refractivity (Wildman–Crippen MR) is 63.8 cm³/mol. The van der Waals surface area contributed by atoms with Crippen molar-refractivity contribution in [2.75, 3.05) is 32.1 Å². The third-order valence-electron chi connectivity index (χ3n) is 2.10. The van der Waals surface area contributed by atoms with Gasteiger partial charge in [-0.3, -0.25) is 0 Å². The standard InChI is InChI=1S/C10H23NO4S/c1-4-11(6-5-7-12)16(13,14)9-8-15-10(2)3/h10,12H,4-9H2,1-3H3. The van der Waals surface area contributed by atoms with Crippen LogP contribution in [0.2, 0.25) is 0 Å². The first kappa shape index (κ1) is 15.8. The van der Waals surface area contributed by atoms with E-state index in [9.17, 15) is 8.42 Å². The van der Waals surface area contributed by atoms with Crippen LogP contribution in [0.1, 0.15) is 27.2 Å². The van der Waals surface area contributed by atoms with Gasteiger partial charge in [0, 0.05) is 19.7 Å². The van der Waals surface area contributed by atoms with Crippen molar-refractivity contribution in [3.63, 3.8) is 0 Å². The molecule has 0 atom stereocenters. The summed E-state index contributed by atoms with van der Waals surface area (Å²) >= 11 is 0. The maximum atomic E-state index is 11.8. The Morgan fingerprint density at radius 1 is 1.38 bits per heavy atom. The van der Waals surface area contributed by atoms with Crippen LogP contribution in [-0.4, -0.2) is 56.0 Å². The van der Waals surface area contributed by atoms with E-state index >= 15 is 0 Å². The van der Waals surface area contributed by atoms with Gasteiger partial charge < -0.3 is 9.84 Å². The highest BCUT2D eigenvalue weighted by molar-refractivity contribution is 7.89. The number of hydrogen-bond acceptors (Lipinski definition) is 4. The van der Waals surface area contributed by atoms with Crippen molar-refractivity contribution in [3.05, 3.63) is 0 Å². The number of sulfonamides is 1. The molecule has 98 valence electrons. The summed E-state index contributed by atoms with van der Waals surface area (Å²) in [6.45, 7) is 6.56. The molecule has 0 saturated carbocycles. The summed E-state index contributed by atoms with van der Waals surface area (Å²) in [5, 5.41) is 8.68. The zero-order valence-electron chi connectivity index (χ0n) is 10.3. The van der Waals surface area contributed by atoms with E-state index in [1.165, 1.54) is 4.31 Å². The first-order chi connectivity index (χ1) is 7.44. The molecule has 6 heteroatoms. The van der Waals surface area contributed by atoms with Crippen LogP contribution in [-0.2, 0) is 14.8 Å². The maximum Gasteiger partial charge on any atom is 0.216 e. The average molecular weight is 253 g/mol. The van der Waals surface area contributed by atoms with Crippen molar-refractivity contribution >= 4 is 10.0 Å². The zero-order chi connectivity index (χ0) is 12.6. The fraction of sp³-hybridized carbons (Fsp3) is 1.00. The van der Waals surface area contributed by atoms with Crippen LogP contribution in [0.3, 0.4) is 0 Å². The molecule has 0 bridgehead atoms. The van der Waals surface area contributed by atoms with Gasteiger partial charge in [0.05, 0.1) is 18.5 Å². The molecule has 0 amide bonds. The molecule has 0 heterocycles. The molecule has 0 rings (SSSR count). The number of aliphatic hydroxyl groups excluding tert-OH is 1. The lowest BCUT2D eigenvalue weighted by atomic mass is 10.4. The molecular formula is C10H23NO4S. The molecule has 16 heavy (non-hydrogen) atoms.